The van der Waals surface area contributed by atoms with Crippen LogP contribution in [0.1, 0.15) is 0 Å². The molecule has 0 fully saturated rings. The zero-order valence-electron chi connectivity index (χ0n) is 4.83. The van der Waals surface area contributed by atoms with E-state index in [0.717, 1.165) is 0 Å². The topological polar surface area (TPSA) is 29.1 Å². The van der Waals surface area contributed by atoms with Crippen molar-refractivity contribution in [1.82, 2.24) is 5.32 Å². The molecule has 60 valence electrons. The van der Waals surface area contributed by atoms with Gasteiger partial charge < -0.3 is 5.32 Å². The molecule has 0 aromatic carbocycles. The number of rotatable bonds is 2. The molecule has 2 nitrogen and oxygen atoms in total. The first kappa shape index (κ1) is 9.99. The summed E-state index contributed by atoms with van der Waals surface area (Å²) in [5.74, 6) is -0.599. The lowest BCUT2D eigenvalue weighted by molar-refractivity contribution is -0.136. The van der Waals surface area contributed by atoms with Gasteiger partial charge in [0.15, 0.2) is 0 Å². The van der Waals surface area contributed by atoms with Crippen LogP contribution >= 0.6 is 22.6 Å². The monoisotopic (exact) mass is 267 g/mol. The predicted octanol–water partition coefficient (Wildman–Crippen LogP) is 1.10. The minimum absolute atomic E-state index is 0.0494. The van der Waals surface area contributed by atoms with Gasteiger partial charge in [-0.3, -0.25) is 4.79 Å². The van der Waals surface area contributed by atoms with Crippen molar-refractivity contribution in [3.63, 3.8) is 0 Å². The van der Waals surface area contributed by atoms with Crippen LogP contribution in [0.4, 0.5) is 13.2 Å². The van der Waals surface area contributed by atoms with Crippen LogP contribution in [0.5, 0.6) is 0 Å². The fourth-order valence-electron chi connectivity index (χ4n) is 0.246. The van der Waals surface area contributed by atoms with E-state index in [0.29, 0.717) is 0 Å². The van der Waals surface area contributed by atoms with E-state index in [9.17, 15) is 18.0 Å². The summed E-state index contributed by atoms with van der Waals surface area (Å²) in [4.78, 5) is 10.2. The van der Waals surface area contributed by atoms with Gasteiger partial charge in [0.2, 0.25) is 5.91 Å². The molecule has 6 heteroatoms. The van der Waals surface area contributed by atoms with Crippen LogP contribution in [0, 0.1) is 0 Å². The van der Waals surface area contributed by atoms with E-state index < -0.39 is 18.6 Å². The zero-order chi connectivity index (χ0) is 8.20. The van der Waals surface area contributed by atoms with Crippen molar-refractivity contribution in [3.05, 3.63) is 0 Å². The maximum absolute atomic E-state index is 11.3. The Labute approximate surface area is 69.3 Å². The number of carbonyl (C=O) groups excluding carboxylic acids is 1. The molecule has 0 saturated carbocycles. The largest absolute Gasteiger partial charge is 0.405 e. The van der Waals surface area contributed by atoms with Crippen LogP contribution in [0.15, 0.2) is 0 Å². The van der Waals surface area contributed by atoms with Gasteiger partial charge in [-0.05, 0) is 0 Å². The number of nitrogens with one attached hydrogen (secondary N) is 1. The summed E-state index contributed by atoms with van der Waals surface area (Å²) in [6.45, 7) is -1.24. The third kappa shape index (κ3) is 6.12. The van der Waals surface area contributed by atoms with Gasteiger partial charge in [0.05, 0.1) is 4.43 Å². The van der Waals surface area contributed by atoms with Gasteiger partial charge in [-0.1, -0.05) is 22.6 Å². The lowest BCUT2D eigenvalue weighted by Gasteiger charge is -2.05. The van der Waals surface area contributed by atoms with E-state index in [1.54, 1.807) is 27.9 Å². The van der Waals surface area contributed by atoms with E-state index in [4.69, 9.17) is 0 Å². The zero-order valence-corrected chi connectivity index (χ0v) is 6.99. The van der Waals surface area contributed by atoms with Crippen LogP contribution in [0.25, 0.3) is 0 Å². The second kappa shape index (κ2) is 3.99. The number of hydrogen-bond acceptors (Lipinski definition) is 1. The quantitative estimate of drug-likeness (QED) is 0.589. The molecular formula is C4H5F3INO. The minimum Gasteiger partial charge on any atom is -0.346 e. The van der Waals surface area contributed by atoms with Gasteiger partial charge in [0, 0.05) is 0 Å². The minimum atomic E-state index is -4.30. The first-order valence-corrected chi connectivity index (χ1v) is 3.87. The molecule has 0 spiro atoms. The summed E-state index contributed by atoms with van der Waals surface area (Å²) in [5.41, 5.74) is 0. The summed E-state index contributed by atoms with van der Waals surface area (Å²) < 4.78 is 34.1. The van der Waals surface area contributed by atoms with Crippen LogP contribution in [0.2, 0.25) is 0 Å². The molecule has 0 aromatic rings. The van der Waals surface area contributed by atoms with E-state index in [1.807, 2.05) is 0 Å². The van der Waals surface area contributed by atoms with E-state index in [1.165, 1.54) is 0 Å². The Balaban J connectivity index is 3.46. The van der Waals surface area contributed by atoms with Crippen molar-refractivity contribution in [3.8, 4) is 0 Å². The molecule has 0 aliphatic carbocycles. The third-order valence-corrected chi connectivity index (χ3v) is 1.30. The molecule has 0 atom stereocenters. The van der Waals surface area contributed by atoms with Crippen LogP contribution in [-0.2, 0) is 4.79 Å². The van der Waals surface area contributed by atoms with Crippen molar-refractivity contribution in [2.24, 2.45) is 0 Å². The molecule has 0 radical (unpaired) electrons. The highest BCUT2D eigenvalue weighted by atomic mass is 127. The lowest BCUT2D eigenvalue weighted by atomic mass is 10.6. The molecular weight excluding hydrogens is 262 g/mol. The van der Waals surface area contributed by atoms with Gasteiger partial charge in [-0.2, -0.15) is 13.2 Å². The van der Waals surface area contributed by atoms with E-state index in [-0.39, 0.29) is 4.43 Å². The Hall–Kier alpha value is -0.0100. The molecule has 10 heavy (non-hydrogen) atoms. The molecule has 0 heterocycles. The molecule has 0 rings (SSSR count). The number of alkyl halides is 4. The molecule has 0 saturated heterocycles. The van der Waals surface area contributed by atoms with Crippen molar-refractivity contribution in [2.75, 3.05) is 11.0 Å². The standard InChI is InChI=1S/C4H5F3INO/c5-4(6,7)2-9-3(10)1-8/h1-2H2,(H,9,10). The highest BCUT2D eigenvalue weighted by Crippen LogP contribution is 2.11. The number of amides is 1. The second-order valence-electron chi connectivity index (χ2n) is 1.53. The van der Waals surface area contributed by atoms with Crippen molar-refractivity contribution in [1.29, 1.82) is 0 Å². The predicted molar refractivity (Wildman–Crippen MR) is 38.0 cm³/mol. The van der Waals surface area contributed by atoms with Gasteiger partial charge in [-0.15, -0.1) is 0 Å². The smallest absolute Gasteiger partial charge is 0.346 e. The Kier molecular flexibility index (Phi) is 3.99. The average molecular weight is 267 g/mol. The van der Waals surface area contributed by atoms with Crippen LogP contribution in [0.3, 0.4) is 0 Å². The highest BCUT2D eigenvalue weighted by molar-refractivity contribution is 14.1. The molecule has 1 amide bonds. The third-order valence-electron chi connectivity index (χ3n) is 0.607. The second-order valence-corrected chi connectivity index (χ2v) is 2.29. The van der Waals surface area contributed by atoms with Crippen molar-refractivity contribution in [2.45, 2.75) is 6.18 Å². The van der Waals surface area contributed by atoms with E-state index in [2.05, 4.69) is 0 Å². The van der Waals surface area contributed by atoms with Crippen LogP contribution in [-0.4, -0.2) is 23.1 Å². The maximum Gasteiger partial charge on any atom is 0.405 e. The molecule has 0 bridgehead atoms. The molecule has 0 aliphatic rings. The summed E-state index contributed by atoms with van der Waals surface area (Å²) in [6, 6.07) is 0. The first-order chi connectivity index (χ1) is 4.45. The molecule has 0 aliphatic heterocycles. The number of halogens is 4. The Morgan fingerprint density at radius 3 is 2.30 bits per heavy atom. The molecule has 0 unspecified atom stereocenters. The van der Waals surface area contributed by atoms with Gasteiger partial charge in [0.1, 0.15) is 6.54 Å². The SMILES string of the molecule is O=C(CI)NCC(F)(F)F. The number of carbonyl (C=O) groups is 1. The first-order valence-electron chi connectivity index (χ1n) is 2.35. The fraction of sp³-hybridized carbons (Fsp3) is 0.750. The Morgan fingerprint density at radius 1 is 1.50 bits per heavy atom. The Morgan fingerprint density at radius 2 is 2.00 bits per heavy atom. The summed E-state index contributed by atoms with van der Waals surface area (Å²) in [6.07, 6.45) is -4.30. The van der Waals surface area contributed by atoms with E-state index >= 15 is 0 Å². The average Bonchev–Trinajstić information content (AvgIpc) is 1.81. The molecule has 0 aromatic heterocycles. The van der Waals surface area contributed by atoms with Gasteiger partial charge in [0.25, 0.3) is 0 Å². The number of hydrogen-bond donors (Lipinski definition) is 1. The van der Waals surface area contributed by atoms with Crippen LogP contribution < -0.4 is 5.32 Å². The van der Waals surface area contributed by atoms with Crippen molar-refractivity contribution >= 4 is 28.5 Å². The van der Waals surface area contributed by atoms with Gasteiger partial charge in [-0.25, -0.2) is 0 Å². The maximum atomic E-state index is 11.3. The summed E-state index contributed by atoms with van der Waals surface area (Å²) in [5, 5.41) is 1.70. The summed E-state index contributed by atoms with van der Waals surface area (Å²) >= 11 is 1.69. The van der Waals surface area contributed by atoms with Gasteiger partial charge >= 0.3 is 6.18 Å². The van der Waals surface area contributed by atoms with Crippen molar-refractivity contribution < 1.29 is 18.0 Å². The Bertz CT molecular complexity index is 124. The highest BCUT2D eigenvalue weighted by Gasteiger charge is 2.27. The normalized spacial score (nSPS) is 11.2. The fourth-order valence-corrected chi connectivity index (χ4v) is 0.516. The summed E-state index contributed by atoms with van der Waals surface area (Å²) in [7, 11) is 0. The lowest BCUT2D eigenvalue weighted by Crippen LogP contribution is -2.34. The molecule has 1 N–H and O–H groups in total.